The van der Waals surface area contributed by atoms with E-state index in [2.05, 4.69) is 5.32 Å². The second-order valence-corrected chi connectivity index (χ2v) is 9.67. The number of hydrogen-bond acceptors (Lipinski definition) is 4. The van der Waals surface area contributed by atoms with Crippen LogP contribution in [0.15, 0.2) is 54.6 Å². The number of amides is 2. The standard InChI is InChI=1S/C27H32N2O4/c1-4-5-15-29-24(30)21-22(25(29)31)27(26(32)33,16-17(2)3)28-23(21)20-13-11-19(12-14-20)18-9-7-6-8-10-18/h6-14,17,21-23,28H,4-5,15-16H2,1-3H3,(H,32,33). The number of carbonyl (C=O) groups excluding carboxylic acids is 2. The predicted octanol–water partition coefficient (Wildman–Crippen LogP) is 4.27. The van der Waals surface area contributed by atoms with Crippen molar-refractivity contribution in [2.45, 2.75) is 51.6 Å². The summed E-state index contributed by atoms with van der Waals surface area (Å²) < 4.78 is 0. The number of carbonyl (C=O) groups is 3. The van der Waals surface area contributed by atoms with Crippen molar-refractivity contribution in [1.29, 1.82) is 0 Å². The lowest BCUT2D eigenvalue weighted by atomic mass is 9.75. The first-order valence-electron chi connectivity index (χ1n) is 11.8. The Bertz CT molecular complexity index is 1030. The van der Waals surface area contributed by atoms with Crippen LogP contribution in [0.25, 0.3) is 11.1 Å². The Labute approximate surface area is 195 Å². The van der Waals surface area contributed by atoms with Crippen molar-refractivity contribution < 1.29 is 19.5 Å². The predicted molar refractivity (Wildman–Crippen MR) is 126 cm³/mol. The van der Waals surface area contributed by atoms with Gasteiger partial charge in [-0.15, -0.1) is 0 Å². The summed E-state index contributed by atoms with van der Waals surface area (Å²) in [5, 5.41) is 13.6. The zero-order valence-corrected chi connectivity index (χ0v) is 19.5. The highest BCUT2D eigenvalue weighted by Crippen LogP contribution is 2.51. The summed E-state index contributed by atoms with van der Waals surface area (Å²) in [5.74, 6) is -3.24. The number of carboxylic acid groups (broad SMARTS) is 1. The molecule has 4 rings (SSSR count). The van der Waals surface area contributed by atoms with Crippen molar-refractivity contribution in [3.05, 3.63) is 60.2 Å². The van der Waals surface area contributed by atoms with E-state index in [0.29, 0.717) is 13.0 Å². The van der Waals surface area contributed by atoms with Gasteiger partial charge in [0, 0.05) is 12.6 Å². The van der Waals surface area contributed by atoms with Gasteiger partial charge >= 0.3 is 5.97 Å². The van der Waals surface area contributed by atoms with Crippen molar-refractivity contribution in [1.82, 2.24) is 10.2 Å². The van der Waals surface area contributed by atoms with Gasteiger partial charge in [-0.2, -0.15) is 0 Å². The second kappa shape index (κ2) is 9.10. The quantitative estimate of drug-likeness (QED) is 0.589. The molecule has 6 nitrogen and oxygen atoms in total. The molecule has 2 aromatic carbocycles. The number of rotatable bonds is 8. The maximum atomic E-state index is 13.4. The minimum atomic E-state index is -1.46. The number of aliphatic carboxylic acids is 1. The molecular weight excluding hydrogens is 416 g/mol. The van der Waals surface area contributed by atoms with E-state index in [4.69, 9.17) is 0 Å². The average molecular weight is 449 g/mol. The average Bonchev–Trinajstić information content (AvgIpc) is 3.27. The van der Waals surface area contributed by atoms with Crippen molar-refractivity contribution in [2.24, 2.45) is 17.8 Å². The van der Waals surface area contributed by atoms with Crippen LogP contribution in [0.5, 0.6) is 0 Å². The number of nitrogens with zero attached hydrogens (tertiary/aromatic N) is 1. The van der Waals surface area contributed by atoms with Crippen molar-refractivity contribution >= 4 is 17.8 Å². The van der Waals surface area contributed by atoms with E-state index in [9.17, 15) is 19.5 Å². The molecule has 2 N–H and O–H groups in total. The molecule has 4 unspecified atom stereocenters. The van der Waals surface area contributed by atoms with Gasteiger partial charge < -0.3 is 5.11 Å². The molecule has 6 heteroatoms. The van der Waals surface area contributed by atoms with E-state index in [1.807, 2.05) is 75.4 Å². The molecule has 174 valence electrons. The van der Waals surface area contributed by atoms with Crippen LogP contribution in [-0.2, 0) is 14.4 Å². The molecule has 0 aliphatic carbocycles. The van der Waals surface area contributed by atoms with Gasteiger partial charge in [0.1, 0.15) is 5.54 Å². The van der Waals surface area contributed by atoms with Crippen molar-refractivity contribution in [3.63, 3.8) is 0 Å². The molecule has 0 spiro atoms. The number of benzene rings is 2. The third kappa shape index (κ3) is 3.97. The van der Waals surface area contributed by atoms with Crippen LogP contribution in [0.1, 0.15) is 51.6 Å². The number of hydrogen-bond donors (Lipinski definition) is 2. The van der Waals surface area contributed by atoms with Gasteiger partial charge in [0.2, 0.25) is 11.8 Å². The van der Waals surface area contributed by atoms with Gasteiger partial charge in [0.05, 0.1) is 11.8 Å². The third-order valence-electron chi connectivity index (χ3n) is 6.97. The molecule has 0 saturated carbocycles. The smallest absolute Gasteiger partial charge is 0.324 e. The lowest BCUT2D eigenvalue weighted by Crippen LogP contribution is -2.56. The van der Waals surface area contributed by atoms with Crippen LogP contribution in [0.4, 0.5) is 0 Å². The molecule has 4 atom stereocenters. The van der Waals surface area contributed by atoms with Crippen LogP contribution >= 0.6 is 0 Å². The summed E-state index contributed by atoms with van der Waals surface area (Å²) in [7, 11) is 0. The highest BCUT2D eigenvalue weighted by Gasteiger charge is 2.68. The van der Waals surface area contributed by atoms with Crippen LogP contribution < -0.4 is 5.32 Å². The monoisotopic (exact) mass is 448 g/mol. The molecule has 2 aliphatic rings. The Hall–Kier alpha value is -2.99. The lowest BCUT2D eigenvalue weighted by Gasteiger charge is -2.32. The minimum absolute atomic E-state index is 0.0426. The van der Waals surface area contributed by atoms with E-state index in [1.165, 1.54) is 4.90 Å². The third-order valence-corrected chi connectivity index (χ3v) is 6.97. The first kappa shape index (κ1) is 23.2. The first-order chi connectivity index (χ1) is 15.8. The van der Waals surface area contributed by atoms with E-state index in [-0.39, 0.29) is 24.2 Å². The largest absolute Gasteiger partial charge is 0.480 e. The Morgan fingerprint density at radius 3 is 2.24 bits per heavy atom. The summed E-state index contributed by atoms with van der Waals surface area (Å²) in [4.78, 5) is 40.8. The van der Waals surface area contributed by atoms with Crippen LogP contribution in [0.3, 0.4) is 0 Å². The first-order valence-corrected chi connectivity index (χ1v) is 11.8. The van der Waals surface area contributed by atoms with Gasteiger partial charge in [0.25, 0.3) is 0 Å². The zero-order chi connectivity index (χ0) is 23.8. The molecule has 2 fully saturated rings. The number of carboxylic acids is 1. The number of imide groups is 1. The van der Waals surface area contributed by atoms with Crippen LogP contribution in [0.2, 0.25) is 0 Å². The topological polar surface area (TPSA) is 86.7 Å². The lowest BCUT2D eigenvalue weighted by molar-refractivity contribution is -0.152. The molecule has 2 heterocycles. The number of unbranched alkanes of at least 4 members (excludes halogenated alkanes) is 1. The number of fused-ring (bicyclic) bond motifs is 1. The molecule has 2 aromatic rings. The number of nitrogens with one attached hydrogen (secondary N) is 1. The van der Waals surface area contributed by atoms with E-state index < -0.39 is 29.4 Å². The SMILES string of the molecule is CCCCN1C(=O)C2C(c3ccc(-c4ccccc4)cc3)NC(CC(C)C)(C(=O)O)C2C1=O. The Kier molecular flexibility index (Phi) is 6.39. The summed E-state index contributed by atoms with van der Waals surface area (Å²) in [6.07, 6.45) is 1.85. The summed E-state index contributed by atoms with van der Waals surface area (Å²) in [6.45, 7) is 6.24. The normalized spacial score (nSPS) is 26.8. The second-order valence-electron chi connectivity index (χ2n) is 9.67. The van der Waals surface area contributed by atoms with E-state index >= 15 is 0 Å². The van der Waals surface area contributed by atoms with Gasteiger partial charge in [0.15, 0.2) is 0 Å². The Morgan fingerprint density at radius 1 is 1.03 bits per heavy atom. The van der Waals surface area contributed by atoms with Crippen molar-refractivity contribution in [3.8, 4) is 11.1 Å². The maximum Gasteiger partial charge on any atom is 0.324 e. The molecular formula is C27H32N2O4. The van der Waals surface area contributed by atoms with Gasteiger partial charge in [-0.3, -0.25) is 24.6 Å². The summed E-state index contributed by atoms with van der Waals surface area (Å²) >= 11 is 0. The molecule has 2 amide bonds. The maximum absolute atomic E-state index is 13.4. The fraction of sp³-hybridized carbons (Fsp3) is 0.444. The fourth-order valence-electron chi connectivity index (χ4n) is 5.51. The molecule has 0 aromatic heterocycles. The van der Waals surface area contributed by atoms with E-state index in [0.717, 1.165) is 23.1 Å². The van der Waals surface area contributed by atoms with Gasteiger partial charge in [-0.25, -0.2) is 0 Å². The molecule has 0 radical (unpaired) electrons. The molecule has 0 bridgehead atoms. The van der Waals surface area contributed by atoms with E-state index in [1.54, 1.807) is 0 Å². The highest BCUT2D eigenvalue weighted by molar-refractivity contribution is 6.09. The minimum Gasteiger partial charge on any atom is -0.480 e. The van der Waals surface area contributed by atoms with Crippen LogP contribution in [-0.4, -0.2) is 39.9 Å². The fourth-order valence-corrected chi connectivity index (χ4v) is 5.51. The van der Waals surface area contributed by atoms with Crippen LogP contribution in [0, 0.1) is 17.8 Å². The zero-order valence-electron chi connectivity index (χ0n) is 19.5. The van der Waals surface area contributed by atoms with Gasteiger partial charge in [-0.05, 0) is 35.4 Å². The number of likely N-dealkylation sites (tertiary alicyclic amines) is 1. The molecule has 33 heavy (non-hydrogen) atoms. The Balaban J connectivity index is 1.74. The Morgan fingerprint density at radius 2 is 1.67 bits per heavy atom. The summed E-state index contributed by atoms with van der Waals surface area (Å²) in [6, 6.07) is 17.3. The molecule has 2 saturated heterocycles. The van der Waals surface area contributed by atoms with Crippen molar-refractivity contribution in [2.75, 3.05) is 6.54 Å². The summed E-state index contributed by atoms with van der Waals surface area (Å²) in [5.41, 5.74) is 1.49. The highest BCUT2D eigenvalue weighted by atomic mass is 16.4. The molecule has 2 aliphatic heterocycles. The van der Waals surface area contributed by atoms with Gasteiger partial charge in [-0.1, -0.05) is 81.8 Å².